The molecule has 2 heteroatoms. The third-order valence-electron chi connectivity index (χ3n) is 2.75. The van der Waals surface area contributed by atoms with Crippen LogP contribution in [-0.2, 0) is 12.8 Å². The van der Waals surface area contributed by atoms with Gasteiger partial charge in [-0.05, 0) is 60.9 Å². The van der Waals surface area contributed by atoms with Crippen molar-refractivity contribution in [3.8, 4) is 0 Å². The topological polar surface area (TPSA) is 0 Å². The standard InChI is InChI=1S/C14H15FS/c1-11-9-10-16-14(11)4-2-3-12-5-7-13(15)8-6-12/h5-10H,2-4H2,1H3. The Bertz CT molecular complexity index is 442. The molecule has 0 aliphatic heterocycles. The van der Waals surface area contributed by atoms with Crippen LogP contribution in [0, 0.1) is 12.7 Å². The molecular formula is C14H15FS. The number of hydrogen-bond acceptors (Lipinski definition) is 1. The van der Waals surface area contributed by atoms with Gasteiger partial charge < -0.3 is 0 Å². The highest BCUT2D eigenvalue weighted by atomic mass is 32.1. The van der Waals surface area contributed by atoms with Crippen LogP contribution >= 0.6 is 11.3 Å². The predicted octanol–water partition coefficient (Wildman–Crippen LogP) is 4.37. The van der Waals surface area contributed by atoms with E-state index >= 15 is 0 Å². The average Bonchev–Trinajstić information content (AvgIpc) is 2.68. The molecule has 2 rings (SSSR count). The molecule has 0 saturated carbocycles. The SMILES string of the molecule is Cc1ccsc1CCCc1ccc(F)cc1. The van der Waals surface area contributed by atoms with Gasteiger partial charge in [0.15, 0.2) is 0 Å². The van der Waals surface area contributed by atoms with Crippen LogP contribution in [0.3, 0.4) is 0 Å². The summed E-state index contributed by atoms with van der Waals surface area (Å²) in [6.45, 7) is 2.16. The van der Waals surface area contributed by atoms with Crippen LogP contribution in [-0.4, -0.2) is 0 Å². The highest BCUT2D eigenvalue weighted by Gasteiger charge is 2.00. The molecule has 2 aromatic rings. The van der Waals surface area contributed by atoms with E-state index in [1.807, 2.05) is 23.5 Å². The Morgan fingerprint density at radius 3 is 2.44 bits per heavy atom. The Morgan fingerprint density at radius 1 is 1.06 bits per heavy atom. The largest absolute Gasteiger partial charge is 0.207 e. The van der Waals surface area contributed by atoms with Gasteiger partial charge in [0.2, 0.25) is 0 Å². The van der Waals surface area contributed by atoms with Gasteiger partial charge in [-0.15, -0.1) is 11.3 Å². The molecule has 0 bridgehead atoms. The van der Waals surface area contributed by atoms with E-state index in [1.54, 1.807) is 0 Å². The second-order valence-corrected chi connectivity index (χ2v) is 5.01. The lowest BCUT2D eigenvalue weighted by Crippen LogP contribution is -1.89. The molecule has 0 aliphatic carbocycles. The van der Waals surface area contributed by atoms with Crippen LogP contribution in [0.4, 0.5) is 4.39 Å². The average molecular weight is 234 g/mol. The van der Waals surface area contributed by atoms with Crippen LogP contribution in [0.1, 0.15) is 22.4 Å². The predicted molar refractivity (Wildman–Crippen MR) is 67.5 cm³/mol. The molecular weight excluding hydrogens is 219 g/mol. The number of benzene rings is 1. The summed E-state index contributed by atoms with van der Waals surface area (Å²) in [5.74, 6) is -0.155. The Labute approximate surface area is 99.8 Å². The van der Waals surface area contributed by atoms with E-state index in [4.69, 9.17) is 0 Å². The van der Waals surface area contributed by atoms with E-state index in [-0.39, 0.29) is 5.82 Å². The molecule has 0 unspecified atom stereocenters. The molecule has 1 aromatic carbocycles. The van der Waals surface area contributed by atoms with Gasteiger partial charge in [0.1, 0.15) is 5.82 Å². The Balaban J connectivity index is 1.84. The summed E-state index contributed by atoms with van der Waals surface area (Å²) in [6, 6.07) is 8.97. The zero-order valence-electron chi connectivity index (χ0n) is 9.37. The minimum Gasteiger partial charge on any atom is -0.207 e. The molecule has 1 heterocycles. The van der Waals surface area contributed by atoms with Crippen molar-refractivity contribution in [3.05, 3.63) is 57.5 Å². The van der Waals surface area contributed by atoms with E-state index < -0.39 is 0 Å². The molecule has 84 valence electrons. The van der Waals surface area contributed by atoms with E-state index in [1.165, 1.54) is 28.1 Å². The van der Waals surface area contributed by atoms with Crippen molar-refractivity contribution in [1.29, 1.82) is 0 Å². The van der Waals surface area contributed by atoms with Gasteiger partial charge in [-0.1, -0.05) is 12.1 Å². The maximum Gasteiger partial charge on any atom is 0.123 e. The first-order chi connectivity index (χ1) is 7.75. The summed E-state index contributed by atoms with van der Waals surface area (Å²) >= 11 is 1.83. The number of aryl methyl sites for hydroxylation is 3. The van der Waals surface area contributed by atoms with Gasteiger partial charge in [-0.25, -0.2) is 4.39 Å². The number of thiophene rings is 1. The summed E-state index contributed by atoms with van der Waals surface area (Å²) in [4.78, 5) is 1.47. The minimum atomic E-state index is -0.155. The molecule has 0 fully saturated rings. The number of hydrogen-bond donors (Lipinski definition) is 0. The summed E-state index contributed by atoms with van der Waals surface area (Å²) in [6.07, 6.45) is 3.28. The zero-order chi connectivity index (χ0) is 11.4. The highest BCUT2D eigenvalue weighted by molar-refractivity contribution is 7.10. The second kappa shape index (κ2) is 5.26. The lowest BCUT2D eigenvalue weighted by molar-refractivity contribution is 0.626. The molecule has 0 amide bonds. The maximum atomic E-state index is 12.7. The molecule has 0 aliphatic rings. The molecule has 0 saturated heterocycles. The molecule has 0 radical (unpaired) electrons. The van der Waals surface area contributed by atoms with Crippen molar-refractivity contribution in [2.75, 3.05) is 0 Å². The number of rotatable bonds is 4. The molecule has 0 atom stereocenters. The van der Waals surface area contributed by atoms with Gasteiger partial charge in [0.05, 0.1) is 0 Å². The van der Waals surface area contributed by atoms with Crippen LogP contribution in [0.5, 0.6) is 0 Å². The first kappa shape index (κ1) is 11.3. The fourth-order valence-corrected chi connectivity index (χ4v) is 2.72. The summed E-state index contributed by atoms with van der Waals surface area (Å²) < 4.78 is 12.7. The van der Waals surface area contributed by atoms with Gasteiger partial charge in [-0.3, -0.25) is 0 Å². The van der Waals surface area contributed by atoms with Gasteiger partial charge in [0.25, 0.3) is 0 Å². The van der Waals surface area contributed by atoms with Crippen molar-refractivity contribution < 1.29 is 4.39 Å². The van der Waals surface area contributed by atoms with Crippen molar-refractivity contribution in [3.63, 3.8) is 0 Å². The van der Waals surface area contributed by atoms with Crippen molar-refractivity contribution in [2.24, 2.45) is 0 Å². The Kier molecular flexibility index (Phi) is 3.73. The normalized spacial score (nSPS) is 10.6. The minimum absolute atomic E-state index is 0.155. The first-order valence-corrected chi connectivity index (χ1v) is 6.41. The quantitative estimate of drug-likeness (QED) is 0.737. The van der Waals surface area contributed by atoms with E-state index in [9.17, 15) is 4.39 Å². The smallest absolute Gasteiger partial charge is 0.123 e. The fourth-order valence-electron chi connectivity index (χ4n) is 1.76. The van der Waals surface area contributed by atoms with Crippen LogP contribution in [0.25, 0.3) is 0 Å². The Morgan fingerprint density at radius 2 is 1.81 bits per heavy atom. The van der Waals surface area contributed by atoms with Gasteiger partial charge in [0, 0.05) is 4.88 Å². The van der Waals surface area contributed by atoms with Crippen LogP contribution in [0.15, 0.2) is 35.7 Å². The third kappa shape index (κ3) is 2.92. The summed E-state index contributed by atoms with van der Waals surface area (Å²) in [7, 11) is 0. The first-order valence-electron chi connectivity index (χ1n) is 5.53. The van der Waals surface area contributed by atoms with Crippen LogP contribution < -0.4 is 0 Å². The van der Waals surface area contributed by atoms with E-state index in [0.29, 0.717) is 0 Å². The monoisotopic (exact) mass is 234 g/mol. The second-order valence-electron chi connectivity index (χ2n) is 4.01. The van der Waals surface area contributed by atoms with Gasteiger partial charge in [-0.2, -0.15) is 0 Å². The van der Waals surface area contributed by atoms with E-state index in [2.05, 4.69) is 18.4 Å². The molecule has 0 nitrogen and oxygen atoms in total. The molecule has 1 aromatic heterocycles. The lowest BCUT2D eigenvalue weighted by Gasteiger charge is -2.01. The van der Waals surface area contributed by atoms with Crippen molar-refractivity contribution >= 4 is 11.3 Å². The molecule has 0 spiro atoms. The Hall–Kier alpha value is -1.15. The molecule has 16 heavy (non-hydrogen) atoms. The van der Waals surface area contributed by atoms with Crippen molar-refractivity contribution in [2.45, 2.75) is 26.2 Å². The van der Waals surface area contributed by atoms with Crippen molar-refractivity contribution in [1.82, 2.24) is 0 Å². The van der Waals surface area contributed by atoms with Crippen LogP contribution in [0.2, 0.25) is 0 Å². The zero-order valence-corrected chi connectivity index (χ0v) is 10.2. The van der Waals surface area contributed by atoms with Gasteiger partial charge >= 0.3 is 0 Å². The maximum absolute atomic E-state index is 12.7. The summed E-state index contributed by atoms with van der Waals surface area (Å²) in [5, 5.41) is 2.14. The highest BCUT2D eigenvalue weighted by Crippen LogP contribution is 2.18. The lowest BCUT2D eigenvalue weighted by atomic mass is 10.1. The van der Waals surface area contributed by atoms with E-state index in [0.717, 1.165) is 19.3 Å². The molecule has 0 N–H and O–H groups in total. The fraction of sp³-hybridized carbons (Fsp3) is 0.286. The third-order valence-corrected chi connectivity index (χ3v) is 3.83. The summed E-state index contributed by atoms with van der Waals surface area (Å²) in [5.41, 5.74) is 2.61. The number of halogens is 1.